The van der Waals surface area contributed by atoms with Gasteiger partial charge >= 0.3 is 5.63 Å². The van der Waals surface area contributed by atoms with Gasteiger partial charge in [0.2, 0.25) is 0 Å². The Labute approximate surface area is 145 Å². The Bertz CT molecular complexity index is 895. The van der Waals surface area contributed by atoms with Crippen LogP contribution in [-0.4, -0.2) is 41.7 Å². The van der Waals surface area contributed by atoms with Gasteiger partial charge in [0.1, 0.15) is 11.3 Å². The van der Waals surface area contributed by atoms with Gasteiger partial charge in [0, 0.05) is 29.6 Å². The lowest BCUT2D eigenvalue weighted by molar-refractivity contribution is -0.143. The summed E-state index contributed by atoms with van der Waals surface area (Å²) in [5, 5.41) is 10.2. The van der Waals surface area contributed by atoms with Crippen LogP contribution in [0.5, 0.6) is 5.75 Å². The van der Waals surface area contributed by atoms with Crippen molar-refractivity contribution in [3.05, 3.63) is 39.2 Å². The van der Waals surface area contributed by atoms with Crippen molar-refractivity contribution in [2.24, 2.45) is 0 Å². The molecular weight excluding hydrogens is 322 g/mol. The standard InChI is InChI=1S/C19H21NO5/c1-11-16(24-10-17(22)20-8-12(21)9-20)7-6-14-13-4-2-3-5-15(13)19(23)25-18(11)14/h6-7,12,21H,2-5,8-10H2,1H3. The summed E-state index contributed by atoms with van der Waals surface area (Å²) in [6.07, 6.45) is 3.36. The zero-order valence-electron chi connectivity index (χ0n) is 14.2. The van der Waals surface area contributed by atoms with Crippen LogP contribution in [0.1, 0.15) is 29.5 Å². The first kappa shape index (κ1) is 16.1. The Balaban J connectivity index is 1.62. The van der Waals surface area contributed by atoms with Gasteiger partial charge < -0.3 is 19.2 Å². The molecule has 0 atom stereocenters. The number of aliphatic hydroxyl groups excluding tert-OH is 1. The second-order valence-corrected chi connectivity index (χ2v) is 6.86. The van der Waals surface area contributed by atoms with E-state index in [1.54, 1.807) is 4.90 Å². The van der Waals surface area contributed by atoms with Crippen LogP contribution in [0.3, 0.4) is 0 Å². The number of likely N-dealkylation sites (tertiary alicyclic amines) is 1. The van der Waals surface area contributed by atoms with E-state index in [-0.39, 0.29) is 18.1 Å². The second-order valence-electron chi connectivity index (χ2n) is 6.86. The van der Waals surface area contributed by atoms with Crippen LogP contribution < -0.4 is 10.4 Å². The molecule has 6 nitrogen and oxygen atoms in total. The van der Waals surface area contributed by atoms with Gasteiger partial charge in [-0.15, -0.1) is 0 Å². The van der Waals surface area contributed by atoms with E-state index in [4.69, 9.17) is 9.15 Å². The Morgan fingerprint density at radius 3 is 2.72 bits per heavy atom. The molecule has 2 heterocycles. The molecule has 0 radical (unpaired) electrons. The number of hydrogen-bond acceptors (Lipinski definition) is 5. The van der Waals surface area contributed by atoms with Crippen molar-refractivity contribution in [1.82, 2.24) is 4.90 Å². The van der Waals surface area contributed by atoms with E-state index >= 15 is 0 Å². The lowest BCUT2D eigenvalue weighted by Gasteiger charge is -2.35. The number of ether oxygens (including phenoxy) is 1. The number of fused-ring (bicyclic) bond motifs is 3. The molecule has 132 valence electrons. The number of amides is 1. The molecule has 1 N–H and O–H groups in total. The molecule has 1 aromatic carbocycles. The van der Waals surface area contributed by atoms with Gasteiger partial charge in [0.15, 0.2) is 6.61 Å². The third kappa shape index (κ3) is 2.80. The van der Waals surface area contributed by atoms with E-state index in [9.17, 15) is 14.7 Å². The molecule has 1 amide bonds. The Kier molecular flexibility index (Phi) is 4.00. The quantitative estimate of drug-likeness (QED) is 0.856. The van der Waals surface area contributed by atoms with E-state index < -0.39 is 6.10 Å². The van der Waals surface area contributed by atoms with Crippen molar-refractivity contribution in [3.8, 4) is 5.75 Å². The maximum absolute atomic E-state index is 12.3. The first-order valence-electron chi connectivity index (χ1n) is 8.71. The molecular formula is C19H21NO5. The molecule has 25 heavy (non-hydrogen) atoms. The third-order valence-corrected chi connectivity index (χ3v) is 5.16. The molecule has 1 fully saturated rings. The summed E-state index contributed by atoms with van der Waals surface area (Å²) in [6, 6.07) is 3.76. The van der Waals surface area contributed by atoms with Crippen LogP contribution in [0.2, 0.25) is 0 Å². The van der Waals surface area contributed by atoms with Gasteiger partial charge in [-0.05, 0) is 50.3 Å². The molecule has 6 heteroatoms. The summed E-state index contributed by atoms with van der Waals surface area (Å²) >= 11 is 0. The summed E-state index contributed by atoms with van der Waals surface area (Å²) in [4.78, 5) is 25.8. The molecule has 0 unspecified atom stereocenters. The highest BCUT2D eigenvalue weighted by Crippen LogP contribution is 2.32. The van der Waals surface area contributed by atoms with E-state index in [1.807, 2.05) is 19.1 Å². The maximum atomic E-state index is 12.3. The summed E-state index contributed by atoms with van der Waals surface area (Å²) in [6.45, 7) is 2.47. The van der Waals surface area contributed by atoms with Crippen molar-refractivity contribution >= 4 is 16.9 Å². The van der Waals surface area contributed by atoms with Crippen LogP contribution in [0.15, 0.2) is 21.3 Å². The van der Waals surface area contributed by atoms with Gasteiger partial charge in [-0.1, -0.05) is 0 Å². The molecule has 1 saturated heterocycles. The smallest absolute Gasteiger partial charge is 0.339 e. The lowest BCUT2D eigenvalue weighted by atomic mass is 9.90. The summed E-state index contributed by atoms with van der Waals surface area (Å²) < 4.78 is 11.2. The number of nitrogens with zero attached hydrogens (tertiary/aromatic N) is 1. The zero-order valence-corrected chi connectivity index (χ0v) is 14.2. The van der Waals surface area contributed by atoms with Gasteiger partial charge in [-0.25, -0.2) is 4.79 Å². The van der Waals surface area contributed by atoms with Crippen molar-refractivity contribution in [3.63, 3.8) is 0 Å². The number of carbonyl (C=O) groups excluding carboxylic acids is 1. The maximum Gasteiger partial charge on any atom is 0.339 e. The first-order chi connectivity index (χ1) is 12.0. The molecule has 0 saturated carbocycles. The van der Waals surface area contributed by atoms with Gasteiger partial charge in [0.25, 0.3) is 5.91 Å². The minimum absolute atomic E-state index is 0.0890. The van der Waals surface area contributed by atoms with E-state index in [1.165, 1.54) is 0 Å². The zero-order chi connectivity index (χ0) is 17.6. The van der Waals surface area contributed by atoms with Gasteiger partial charge in [-0.2, -0.15) is 0 Å². The number of benzene rings is 1. The first-order valence-corrected chi connectivity index (χ1v) is 8.71. The van der Waals surface area contributed by atoms with E-state index in [0.717, 1.165) is 47.8 Å². The Morgan fingerprint density at radius 2 is 2.00 bits per heavy atom. The molecule has 1 aliphatic carbocycles. The Morgan fingerprint density at radius 1 is 1.28 bits per heavy atom. The highest BCUT2D eigenvalue weighted by Gasteiger charge is 2.29. The van der Waals surface area contributed by atoms with Crippen LogP contribution in [0.4, 0.5) is 0 Å². The SMILES string of the molecule is Cc1c(OCC(=O)N2CC(O)C2)ccc2c3c(c(=O)oc12)CCCC3. The predicted molar refractivity (Wildman–Crippen MR) is 91.9 cm³/mol. The number of β-amino-alcohol motifs (C(OH)–C–C–N with tert-alkyl or cyclic N) is 1. The summed E-state index contributed by atoms with van der Waals surface area (Å²) in [5.74, 6) is 0.387. The fourth-order valence-electron chi connectivity index (χ4n) is 3.67. The second kappa shape index (κ2) is 6.19. The Hall–Kier alpha value is -2.34. The van der Waals surface area contributed by atoms with Crippen molar-refractivity contribution in [2.75, 3.05) is 19.7 Å². The van der Waals surface area contributed by atoms with Crippen molar-refractivity contribution < 1.29 is 19.1 Å². The minimum Gasteiger partial charge on any atom is -0.483 e. The normalized spacial score (nSPS) is 17.3. The van der Waals surface area contributed by atoms with Crippen molar-refractivity contribution in [2.45, 2.75) is 38.7 Å². The van der Waals surface area contributed by atoms with Gasteiger partial charge in [-0.3, -0.25) is 4.79 Å². The minimum atomic E-state index is -0.424. The molecule has 0 spiro atoms. The largest absolute Gasteiger partial charge is 0.483 e. The summed E-state index contributed by atoms with van der Waals surface area (Å²) in [7, 11) is 0. The topological polar surface area (TPSA) is 80.0 Å². The van der Waals surface area contributed by atoms with E-state index in [0.29, 0.717) is 24.4 Å². The predicted octanol–water partition coefficient (Wildman–Crippen LogP) is 1.56. The molecule has 2 aromatic rings. The number of aryl methyl sites for hydroxylation is 2. The highest BCUT2D eigenvalue weighted by molar-refractivity contribution is 5.86. The fourth-order valence-corrected chi connectivity index (χ4v) is 3.67. The third-order valence-electron chi connectivity index (χ3n) is 5.16. The molecule has 4 rings (SSSR count). The molecule has 1 aliphatic heterocycles. The fraction of sp³-hybridized carbons (Fsp3) is 0.474. The number of rotatable bonds is 3. The monoisotopic (exact) mass is 343 g/mol. The number of carbonyl (C=O) groups is 1. The highest BCUT2D eigenvalue weighted by atomic mass is 16.5. The molecule has 0 bridgehead atoms. The number of hydrogen-bond donors (Lipinski definition) is 1. The van der Waals surface area contributed by atoms with Crippen LogP contribution in [0, 0.1) is 6.92 Å². The average molecular weight is 343 g/mol. The average Bonchev–Trinajstić information content (AvgIpc) is 2.59. The van der Waals surface area contributed by atoms with Crippen LogP contribution in [-0.2, 0) is 17.6 Å². The van der Waals surface area contributed by atoms with Crippen LogP contribution in [0.25, 0.3) is 11.0 Å². The molecule has 2 aliphatic rings. The van der Waals surface area contributed by atoms with Gasteiger partial charge in [0.05, 0.1) is 6.10 Å². The van der Waals surface area contributed by atoms with Crippen LogP contribution >= 0.6 is 0 Å². The lowest BCUT2D eigenvalue weighted by Crippen LogP contribution is -2.54. The summed E-state index contributed by atoms with van der Waals surface area (Å²) in [5.41, 5.74) is 2.93. The molecule has 1 aromatic heterocycles. The number of aliphatic hydroxyl groups is 1. The van der Waals surface area contributed by atoms with E-state index in [2.05, 4.69) is 0 Å². The van der Waals surface area contributed by atoms with Crippen molar-refractivity contribution in [1.29, 1.82) is 0 Å².